The van der Waals surface area contributed by atoms with Gasteiger partial charge in [0, 0.05) is 53.6 Å². The van der Waals surface area contributed by atoms with Gasteiger partial charge < -0.3 is 10.1 Å². The molecule has 0 saturated carbocycles. The van der Waals surface area contributed by atoms with E-state index in [1.54, 1.807) is 35.4 Å². The SMILES string of the molecule is CC(OC(=O)/C=C/c1cn(-c2ccccc2)nc1-c1cccnc1)C(=O)Nc1cccc([N+](=O)[O-])c1. The average Bonchev–Trinajstić information content (AvgIpc) is 3.33. The van der Waals surface area contributed by atoms with E-state index in [0.717, 1.165) is 11.3 Å². The van der Waals surface area contributed by atoms with Gasteiger partial charge in [0.05, 0.1) is 10.6 Å². The first-order valence-electron chi connectivity index (χ1n) is 10.9. The lowest BCUT2D eigenvalue weighted by Crippen LogP contribution is -2.29. The van der Waals surface area contributed by atoms with E-state index in [9.17, 15) is 19.7 Å². The van der Waals surface area contributed by atoms with Crippen molar-refractivity contribution < 1.29 is 19.2 Å². The van der Waals surface area contributed by atoms with Crippen LogP contribution >= 0.6 is 0 Å². The summed E-state index contributed by atoms with van der Waals surface area (Å²) in [5.74, 6) is -1.36. The third-order valence-electron chi connectivity index (χ3n) is 5.08. The molecule has 1 N–H and O–H groups in total. The van der Waals surface area contributed by atoms with Crippen molar-refractivity contribution in [1.29, 1.82) is 0 Å². The molecule has 10 nitrogen and oxygen atoms in total. The fourth-order valence-electron chi connectivity index (χ4n) is 3.32. The van der Waals surface area contributed by atoms with Crippen LogP contribution in [-0.2, 0) is 14.3 Å². The number of ether oxygens (including phenoxy) is 1. The van der Waals surface area contributed by atoms with Crippen molar-refractivity contribution >= 4 is 29.3 Å². The fourth-order valence-corrected chi connectivity index (χ4v) is 3.32. The number of pyridine rings is 1. The number of esters is 1. The molecule has 36 heavy (non-hydrogen) atoms. The summed E-state index contributed by atoms with van der Waals surface area (Å²) in [6, 6.07) is 18.6. The quantitative estimate of drug-likeness (QED) is 0.170. The number of hydrogen-bond acceptors (Lipinski definition) is 7. The third kappa shape index (κ3) is 5.86. The van der Waals surface area contributed by atoms with Gasteiger partial charge in [0.25, 0.3) is 11.6 Å². The fraction of sp³-hybridized carbons (Fsp3) is 0.0769. The molecule has 4 aromatic rings. The molecular weight excluding hydrogens is 462 g/mol. The summed E-state index contributed by atoms with van der Waals surface area (Å²) in [6.07, 6.45) is 6.75. The van der Waals surface area contributed by atoms with Gasteiger partial charge >= 0.3 is 5.97 Å². The first kappa shape index (κ1) is 24.0. The zero-order chi connectivity index (χ0) is 25.5. The van der Waals surface area contributed by atoms with E-state index in [-0.39, 0.29) is 11.4 Å². The van der Waals surface area contributed by atoms with Gasteiger partial charge in [0.2, 0.25) is 0 Å². The highest BCUT2D eigenvalue weighted by Gasteiger charge is 2.18. The molecular formula is C26H21N5O5. The summed E-state index contributed by atoms with van der Waals surface area (Å²) < 4.78 is 6.91. The van der Waals surface area contributed by atoms with E-state index in [2.05, 4.69) is 15.4 Å². The molecule has 2 heterocycles. The number of benzene rings is 2. The Hall–Kier alpha value is -5.12. The number of aromatic nitrogens is 3. The van der Waals surface area contributed by atoms with Crippen LogP contribution in [0.3, 0.4) is 0 Å². The second-order valence-corrected chi connectivity index (χ2v) is 7.66. The molecule has 0 fully saturated rings. The minimum atomic E-state index is -1.13. The van der Waals surface area contributed by atoms with E-state index >= 15 is 0 Å². The van der Waals surface area contributed by atoms with Gasteiger partial charge in [0.15, 0.2) is 6.10 Å². The Morgan fingerprint density at radius 3 is 2.64 bits per heavy atom. The molecule has 1 unspecified atom stereocenters. The molecule has 0 spiro atoms. The summed E-state index contributed by atoms with van der Waals surface area (Å²) in [5, 5.41) is 18.1. The Labute approximate surface area is 206 Å². The summed E-state index contributed by atoms with van der Waals surface area (Å²) in [4.78, 5) is 39.3. The van der Waals surface area contributed by atoms with Gasteiger partial charge in [0.1, 0.15) is 5.69 Å². The number of nitrogens with one attached hydrogen (secondary N) is 1. The molecule has 1 amide bonds. The maximum atomic E-state index is 12.4. The average molecular weight is 483 g/mol. The summed E-state index contributed by atoms with van der Waals surface area (Å²) in [6.45, 7) is 1.41. The zero-order valence-corrected chi connectivity index (χ0v) is 19.1. The van der Waals surface area contributed by atoms with Crippen LogP contribution in [0.15, 0.2) is 91.4 Å². The molecule has 1 atom stereocenters. The van der Waals surface area contributed by atoms with Crippen LogP contribution < -0.4 is 5.32 Å². The number of rotatable bonds is 8. The molecule has 2 aromatic carbocycles. The maximum absolute atomic E-state index is 12.4. The Bertz CT molecular complexity index is 1420. The van der Waals surface area contributed by atoms with E-state index < -0.39 is 22.9 Å². The van der Waals surface area contributed by atoms with Crippen molar-refractivity contribution in [3.05, 3.63) is 107 Å². The van der Waals surface area contributed by atoms with Crippen molar-refractivity contribution in [1.82, 2.24) is 14.8 Å². The lowest BCUT2D eigenvalue weighted by Gasteiger charge is -2.12. The molecule has 180 valence electrons. The predicted octanol–water partition coefficient (Wildman–Crippen LogP) is 4.43. The smallest absolute Gasteiger partial charge is 0.331 e. The van der Waals surface area contributed by atoms with Crippen LogP contribution in [-0.4, -0.2) is 37.7 Å². The van der Waals surface area contributed by atoms with Crippen molar-refractivity contribution in [2.75, 3.05) is 5.32 Å². The number of hydrogen-bond donors (Lipinski definition) is 1. The van der Waals surface area contributed by atoms with Crippen LogP contribution in [0.2, 0.25) is 0 Å². The number of nitro groups is 1. The van der Waals surface area contributed by atoms with E-state index in [1.807, 2.05) is 36.4 Å². The maximum Gasteiger partial charge on any atom is 0.331 e. The number of nitrogens with zero attached hydrogens (tertiary/aromatic N) is 4. The van der Waals surface area contributed by atoms with Crippen LogP contribution in [0.25, 0.3) is 23.0 Å². The van der Waals surface area contributed by atoms with Crippen LogP contribution in [0.5, 0.6) is 0 Å². The zero-order valence-electron chi connectivity index (χ0n) is 19.1. The number of anilines is 1. The molecule has 0 saturated heterocycles. The molecule has 2 aromatic heterocycles. The number of carbonyl (C=O) groups is 2. The second kappa shape index (κ2) is 10.9. The first-order chi connectivity index (χ1) is 17.4. The molecule has 0 aliphatic rings. The van der Waals surface area contributed by atoms with Crippen LogP contribution in [0, 0.1) is 10.1 Å². The van der Waals surface area contributed by atoms with Gasteiger partial charge in [-0.05, 0) is 43.3 Å². The lowest BCUT2D eigenvalue weighted by atomic mass is 10.1. The van der Waals surface area contributed by atoms with Gasteiger partial charge in [-0.3, -0.25) is 19.9 Å². The Morgan fingerprint density at radius 1 is 1.11 bits per heavy atom. The monoisotopic (exact) mass is 483 g/mol. The number of amides is 1. The van der Waals surface area contributed by atoms with Gasteiger partial charge in [-0.15, -0.1) is 0 Å². The molecule has 0 aliphatic heterocycles. The Kier molecular flexibility index (Phi) is 7.25. The number of para-hydroxylation sites is 1. The largest absolute Gasteiger partial charge is 0.449 e. The molecule has 10 heteroatoms. The normalized spacial score (nSPS) is 11.7. The number of nitro benzene ring substituents is 1. The predicted molar refractivity (Wildman–Crippen MR) is 133 cm³/mol. The van der Waals surface area contributed by atoms with Crippen LogP contribution in [0.1, 0.15) is 12.5 Å². The van der Waals surface area contributed by atoms with E-state index in [1.165, 1.54) is 37.3 Å². The minimum absolute atomic E-state index is 0.166. The molecule has 0 aliphatic carbocycles. The molecule has 0 bridgehead atoms. The van der Waals surface area contributed by atoms with E-state index in [0.29, 0.717) is 11.3 Å². The highest BCUT2D eigenvalue weighted by atomic mass is 16.6. The van der Waals surface area contributed by atoms with Crippen LogP contribution in [0.4, 0.5) is 11.4 Å². The van der Waals surface area contributed by atoms with Crippen molar-refractivity contribution in [2.45, 2.75) is 13.0 Å². The number of non-ortho nitro benzene ring substituents is 1. The topological polar surface area (TPSA) is 129 Å². The van der Waals surface area contributed by atoms with Crippen molar-refractivity contribution in [3.63, 3.8) is 0 Å². The highest BCUT2D eigenvalue weighted by Crippen LogP contribution is 2.24. The number of carbonyl (C=O) groups excluding carboxylic acids is 2. The Balaban J connectivity index is 1.47. The first-order valence-corrected chi connectivity index (χ1v) is 10.9. The van der Waals surface area contributed by atoms with Gasteiger partial charge in [-0.2, -0.15) is 5.10 Å². The van der Waals surface area contributed by atoms with Crippen molar-refractivity contribution in [2.24, 2.45) is 0 Å². The summed E-state index contributed by atoms with van der Waals surface area (Å²) >= 11 is 0. The minimum Gasteiger partial charge on any atom is -0.449 e. The molecule has 4 rings (SSSR count). The van der Waals surface area contributed by atoms with E-state index in [4.69, 9.17) is 4.74 Å². The van der Waals surface area contributed by atoms with Gasteiger partial charge in [-0.25, -0.2) is 9.48 Å². The standard InChI is InChI=1S/C26H21N5O5/c1-18(26(33)28-21-8-5-11-23(15-21)31(34)35)36-24(32)13-12-20-17-30(22-9-3-2-4-10-22)29-25(20)19-7-6-14-27-16-19/h2-18H,1H3,(H,28,33)/b13-12+. The summed E-state index contributed by atoms with van der Waals surface area (Å²) in [7, 11) is 0. The van der Waals surface area contributed by atoms with Crippen molar-refractivity contribution in [3.8, 4) is 16.9 Å². The lowest BCUT2D eigenvalue weighted by molar-refractivity contribution is -0.384. The Morgan fingerprint density at radius 2 is 1.92 bits per heavy atom. The summed E-state index contributed by atoms with van der Waals surface area (Å²) in [5.41, 5.74) is 2.94. The second-order valence-electron chi connectivity index (χ2n) is 7.66. The highest BCUT2D eigenvalue weighted by molar-refractivity contribution is 5.97. The third-order valence-corrected chi connectivity index (χ3v) is 5.08. The van der Waals surface area contributed by atoms with Gasteiger partial charge in [-0.1, -0.05) is 24.3 Å². The molecule has 0 radical (unpaired) electrons.